The number of pyridine rings is 1. The number of nitro groups is 1. The molecule has 0 radical (unpaired) electrons. The van der Waals surface area contributed by atoms with Gasteiger partial charge in [-0.15, -0.1) is 0 Å². The number of rotatable bonds is 7. The summed E-state index contributed by atoms with van der Waals surface area (Å²) in [5.74, 6) is -0.576. The van der Waals surface area contributed by atoms with Gasteiger partial charge in [0, 0.05) is 6.07 Å². The van der Waals surface area contributed by atoms with Crippen LogP contribution in [-0.2, 0) is 4.79 Å². The van der Waals surface area contributed by atoms with E-state index in [1.807, 2.05) is 0 Å². The number of carboxylic acids is 1. The number of hydrogen-bond acceptors (Lipinski definition) is 7. The van der Waals surface area contributed by atoms with Gasteiger partial charge in [0.2, 0.25) is 0 Å². The molecule has 1 aromatic carbocycles. The summed E-state index contributed by atoms with van der Waals surface area (Å²) in [6.45, 7) is -0.515. The zero-order chi connectivity index (χ0) is 18.4. The third-order valence-electron chi connectivity index (χ3n) is 2.71. The number of anilines is 1. The average molecular weight is 430 g/mol. The Morgan fingerprint density at radius 3 is 2.84 bits per heavy atom. The molecule has 0 saturated carbocycles. The number of carbonyl (C=O) groups is 1. The van der Waals surface area contributed by atoms with E-state index in [0.29, 0.717) is 15.9 Å². The van der Waals surface area contributed by atoms with E-state index in [2.05, 4.69) is 31.4 Å². The molecule has 0 aliphatic rings. The highest BCUT2D eigenvalue weighted by Gasteiger charge is 2.10. The second-order valence-electron chi connectivity index (χ2n) is 4.52. The number of halogens is 2. The van der Waals surface area contributed by atoms with Gasteiger partial charge < -0.3 is 9.84 Å². The van der Waals surface area contributed by atoms with E-state index in [1.165, 1.54) is 24.4 Å². The minimum absolute atomic E-state index is 0.123. The fourth-order valence-electron chi connectivity index (χ4n) is 1.66. The molecule has 0 aliphatic carbocycles. The zero-order valence-electron chi connectivity index (χ0n) is 12.3. The SMILES string of the molecule is O=C(O)COc1c(Cl)cc(/C=N\Nc2ccc([N+](=O)[O-])cn2)cc1Br. The first kappa shape index (κ1) is 18.6. The van der Waals surface area contributed by atoms with Crippen molar-refractivity contribution in [2.75, 3.05) is 12.0 Å². The van der Waals surface area contributed by atoms with E-state index in [4.69, 9.17) is 21.4 Å². The van der Waals surface area contributed by atoms with Crippen molar-refractivity contribution >= 4 is 51.2 Å². The second kappa shape index (κ2) is 8.40. The standard InChI is InChI=1S/C14H10BrClN4O5/c15-10-3-8(4-11(16)14(10)25-7-13(21)22)5-18-19-12-2-1-9(6-17-12)20(23)24/h1-6H,7H2,(H,17,19)(H,21,22)/b18-5-. The summed E-state index contributed by atoms with van der Waals surface area (Å²) in [7, 11) is 0. The van der Waals surface area contributed by atoms with Crippen LogP contribution in [0.4, 0.5) is 11.5 Å². The fraction of sp³-hybridized carbons (Fsp3) is 0.0714. The van der Waals surface area contributed by atoms with Crippen LogP contribution in [0.3, 0.4) is 0 Å². The van der Waals surface area contributed by atoms with Gasteiger partial charge in [-0.1, -0.05) is 11.6 Å². The minimum atomic E-state index is -1.12. The smallest absolute Gasteiger partial charge is 0.341 e. The van der Waals surface area contributed by atoms with Crippen LogP contribution < -0.4 is 10.2 Å². The molecule has 9 nitrogen and oxygen atoms in total. The molecule has 0 unspecified atom stereocenters. The van der Waals surface area contributed by atoms with E-state index in [0.717, 1.165) is 6.20 Å². The summed E-state index contributed by atoms with van der Waals surface area (Å²) >= 11 is 9.30. The summed E-state index contributed by atoms with van der Waals surface area (Å²) < 4.78 is 5.55. The van der Waals surface area contributed by atoms with Crippen LogP contribution in [0.5, 0.6) is 5.75 Å². The van der Waals surface area contributed by atoms with Gasteiger partial charge >= 0.3 is 5.97 Å². The second-order valence-corrected chi connectivity index (χ2v) is 5.79. The van der Waals surface area contributed by atoms with Crippen molar-refractivity contribution in [3.63, 3.8) is 0 Å². The highest BCUT2D eigenvalue weighted by molar-refractivity contribution is 9.10. The van der Waals surface area contributed by atoms with Gasteiger partial charge in [-0.05, 0) is 39.7 Å². The Hall–Kier alpha value is -2.72. The molecule has 0 fully saturated rings. The Morgan fingerprint density at radius 1 is 1.52 bits per heavy atom. The zero-order valence-corrected chi connectivity index (χ0v) is 14.7. The number of benzene rings is 1. The van der Waals surface area contributed by atoms with E-state index in [1.54, 1.807) is 6.07 Å². The maximum atomic E-state index is 10.5. The van der Waals surface area contributed by atoms with E-state index < -0.39 is 17.5 Å². The first-order valence-corrected chi connectivity index (χ1v) is 7.77. The molecular weight excluding hydrogens is 420 g/mol. The van der Waals surface area contributed by atoms with Crippen LogP contribution >= 0.6 is 27.5 Å². The molecule has 0 aliphatic heterocycles. The van der Waals surface area contributed by atoms with Crippen LogP contribution in [0.25, 0.3) is 0 Å². The molecule has 1 heterocycles. The molecule has 1 aromatic heterocycles. The lowest BCUT2D eigenvalue weighted by molar-refractivity contribution is -0.385. The molecule has 0 atom stereocenters. The Bertz CT molecular complexity index is 805. The van der Waals surface area contributed by atoms with Crippen LogP contribution in [-0.4, -0.2) is 33.8 Å². The summed E-state index contributed by atoms with van der Waals surface area (Å²) in [4.78, 5) is 24.4. The van der Waals surface area contributed by atoms with Crippen molar-refractivity contribution in [3.05, 3.63) is 55.6 Å². The van der Waals surface area contributed by atoms with Crippen molar-refractivity contribution in [3.8, 4) is 5.75 Å². The third kappa shape index (κ3) is 5.40. The van der Waals surface area contributed by atoms with Gasteiger partial charge in [-0.25, -0.2) is 9.78 Å². The normalized spacial score (nSPS) is 10.6. The number of nitrogens with one attached hydrogen (secondary N) is 1. The highest BCUT2D eigenvalue weighted by atomic mass is 79.9. The minimum Gasteiger partial charge on any atom is -0.479 e. The van der Waals surface area contributed by atoms with Crippen molar-refractivity contribution in [1.82, 2.24) is 4.98 Å². The van der Waals surface area contributed by atoms with Crippen LogP contribution in [0, 0.1) is 10.1 Å². The molecule has 2 aromatic rings. The lowest BCUT2D eigenvalue weighted by Crippen LogP contribution is -2.10. The monoisotopic (exact) mass is 428 g/mol. The number of ether oxygens (including phenoxy) is 1. The number of aliphatic carboxylic acids is 1. The first-order valence-electron chi connectivity index (χ1n) is 6.60. The summed E-state index contributed by atoms with van der Waals surface area (Å²) in [6.07, 6.45) is 2.56. The average Bonchev–Trinajstić information content (AvgIpc) is 2.54. The quantitative estimate of drug-likeness (QED) is 0.392. The van der Waals surface area contributed by atoms with E-state index in [-0.39, 0.29) is 16.5 Å². The first-order chi connectivity index (χ1) is 11.9. The fourth-order valence-corrected chi connectivity index (χ4v) is 2.65. The lowest BCUT2D eigenvalue weighted by Gasteiger charge is -2.09. The Balaban J connectivity index is 2.05. The Kier molecular flexibility index (Phi) is 6.25. The van der Waals surface area contributed by atoms with Gasteiger partial charge in [0.25, 0.3) is 5.69 Å². The largest absolute Gasteiger partial charge is 0.479 e. The molecule has 0 amide bonds. The molecule has 25 heavy (non-hydrogen) atoms. The van der Waals surface area contributed by atoms with E-state index >= 15 is 0 Å². The van der Waals surface area contributed by atoms with Gasteiger partial charge in [-0.2, -0.15) is 5.10 Å². The van der Waals surface area contributed by atoms with Crippen molar-refractivity contribution < 1.29 is 19.6 Å². The topological polar surface area (TPSA) is 127 Å². The van der Waals surface area contributed by atoms with Crippen molar-refractivity contribution in [1.29, 1.82) is 0 Å². The predicted molar refractivity (Wildman–Crippen MR) is 94.4 cm³/mol. The van der Waals surface area contributed by atoms with Crippen LogP contribution in [0.15, 0.2) is 40.0 Å². The van der Waals surface area contributed by atoms with Gasteiger partial charge in [0.05, 0.1) is 20.6 Å². The summed E-state index contributed by atoms with van der Waals surface area (Å²) in [6, 6.07) is 5.89. The third-order valence-corrected chi connectivity index (χ3v) is 3.58. The number of carboxylic acid groups (broad SMARTS) is 1. The number of aromatic nitrogens is 1. The summed E-state index contributed by atoms with van der Waals surface area (Å²) in [5.41, 5.74) is 3.10. The molecule has 0 bridgehead atoms. The maximum absolute atomic E-state index is 10.5. The number of nitrogens with zero attached hydrogens (tertiary/aromatic N) is 3. The molecule has 0 saturated heterocycles. The molecule has 130 valence electrons. The van der Waals surface area contributed by atoms with Crippen LogP contribution in [0.1, 0.15) is 5.56 Å². The molecular formula is C14H10BrClN4O5. The molecule has 11 heteroatoms. The summed E-state index contributed by atoms with van der Waals surface area (Å²) in [5, 5.41) is 23.3. The van der Waals surface area contributed by atoms with Crippen molar-refractivity contribution in [2.45, 2.75) is 0 Å². The lowest BCUT2D eigenvalue weighted by atomic mass is 10.2. The van der Waals surface area contributed by atoms with Crippen molar-refractivity contribution in [2.24, 2.45) is 5.10 Å². The molecule has 2 rings (SSSR count). The Labute approximate surface area is 154 Å². The Morgan fingerprint density at radius 2 is 2.28 bits per heavy atom. The maximum Gasteiger partial charge on any atom is 0.341 e. The van der Waals surface area contributed by atoms with E-state index in [9.17, 15) is 14.9 Å². The van der Waals surface area contributed by atoms with Gasteiger partial charge in [0.1, 0.15) is 12.0 Å². The number of hydrogen-bond donors (Lipinski definition) is 2. The van der Waals surface area contributed by atoms with Gasteiger partial charge in [0.15, 0.2) is 12.4 Å². The molecule has 2 N–H and O–H groups in total. The van der Waals surface area contributed by atoms with Gasteiger partial charge in [-0.3, -0.25) is 15.5 Å². The predicted octanol–water partition coefficient (Wildman–Crippen LogP) is 3.32. The highest BCUT2D eigenvalue weighted by Crippen LogP contribution is 2.34. The molecule has 0 spiro atoms. The van der Waals surface area contributed by atoms with Crippen LogP contribution in [0.2, 0.25) is 5.02 Å². The number of hydrazone groups is 1.